The Bertz CT molecular complexity index is 422. The fourth-order valence-corrected chi connectivity index (χ4v) is 2.79. The number of carbonyl (C=O) groups excluding carboxylic acids is 2. The van der Waals surface area contributed by atoms with Crippen molar-refractivity contribution in [1.29, 1.82) is 0 Å². The summed E-state index contributed by atoms with van der Waals surface area (Å²) in [6, 6.07) is 0. The van der Waals surface area contributed by atoms with E-state index in [2.05, 4.69) is 22.5 Å². The van der Waals surface area contributed by atoms with Crippen molar-refractivity contribution in [2.75, 3.05) is 6.54 Å². The van der Waals surface area contributed by atoms with E-state index in [1.165, 1.54) is 11.3 Å². The van der Waals surface area contributed by atoms with Crippen LogP contribution in [0.5, 0.6) is 0 Å². The third kappa shape index (κ3) is 4.03. The van der Waals surface area contributed by atoms with Crippen molar-refractivity contribution in [3.8, 4) is 0 Å². The van der Waals surface area contributed by atoms with Gasteiger partial charge in [-0.1, -0.05) is 26.7 Å². The Morgan fingerprint density at radius 1 is 1.55 bits per heavy atom. The van der Waals surface area contributed by atoms with Crippen molar-refractivity contribution in [3.05, 3.63) is 16.6 Å². The second-order valence-electron chi connectivity index (χ2n) is 5.02. The predicted octanol–water partition coefficient (Wildman–Crippen LogP) is 2.06. The Hall–Kier alpha value is -1.43. The van der Waals surface area contributed by atoms with Crippen LogP contribution >= 0.6 is 11.3 Å². The number of nitrogens with zero attached hydrogens (tertiary/aromatic N) is 1. The lowest BCUT2D eigenvalue weighted by Crippen LogP contribution is -2.57. The second-order valence-corrected chi connectivity index (χ2v) is 5.95. The van der Waals surface area contributed by atoms with Crippen molar-refractivity contribution in [2.24, 2.45) is 0 Å². The summed E-state index contributed by atoms with van der Waals surface area (Å²) < 4.78 is 0. The van der Waals surface area contributed by atoms with Crippen LogP contribution < -0.4 is 10.6 Å². The van der Waals surface area contributed by atoms with Crippen LogP contribution in [-0.2, 0) is 9.59 Å². The molecule has 0 bridgehead atoms. The molecule has 1 heterocycles. The summed E-state index contributed by atoms with van der Waals surface area (Å²) in [5, 5.41) is 8.27. The number of rotatable bonds is 9. The number of aromatic nitrogens is 1. The molecule has 1 rings (SSSR count). The van der Waals surface area contributed by atoms with E-state index < -0.39 is 5.54 Å². The Labute approximate surface area is 124 Å². The molecule has 0 saturated carbocycles. The summed E-state index contributed by atoms with van der Waals surface area (Å²) >= 11 is 1.49. The van der Waals surface area contributed by atoms with Crippen LogP contribution in [0.1, 0.15) is 51.0 Å². The summed E-state index contributed by atoms with van der Waals surface area (Å²) in [5.41, 5.74) is -0.980. The third-order valence-corrected chi connectivity index (χ3v) is 4.54. The Morgan fingerprint density at radius 3 is 2.85 bits per heavy atom. The predicted molar refractivity (Wildman–Crippen MR) is 80.7 cm³/mol. The first-order valence-electron chi connectivity index (χ1n) is 6.95. The number of unbranched alkanes of at least 4 members (excludes halogenated alkanes) is 2. The van der Waals surface area contributed by atoms with Gasteiger partial charge in [-0.3, -0.25) is 9.59 Å². The average molecular weight is 297 g/mol. The molecule has 1 aromatic heterocycles. The highest BCUT2D eigenvalue weighted by atomic mass is 32.1. The molecule has 0 aromatic carbocycles. The summed E-state index contributed by atoms with van der Waals surface area (Å²) in [6.07, 6.45) is 5.42. The molecular weight excluding hydrogens is 274 g/mol. The lowest BCUT2D eigenvalue weighted by molar-refractivity contribution is -0.130. The van der Waals surface area contributed by atoms with Crippen LogP contribution in [0.3, 0.4) is 0 Å². The zero-order valence-corrected chi connectivity index (χ0v) is 13.1. The van der Waals surface area contributed by atoms with Crippen LogP contribution in [0.15, 0.2) is 11.6 Å². The van der Waals surface area contributed by atoms with Gasteiger partial charge in [-0.05, 0) is 13.3 Å². The molecule has 2 atom stereocenters. The lowest BCUT2D eigenvalue weighted by Gasteiger charge is -2.32. The van der Waals surface area contributed by atoms with Crippen LogP contribution in [0.25, 0.3) is 0 Å². The normalized spacial score (nSPS) is 15.2. The molecule has 0 spiro atoms. The molecule has 1 unspecified atom stereocenters. The Morgan fingerprint density at radius 2 is 2.30 bits per heavy atom. The Balaban J connectivity index is 2.74. The number of amides is 2. The van der Waals surface area contributed by atoms with Gasteiger partial charge in [-0.2, -0.15) is 0 Å². The van der Waals surface area contributed by atoms with Crippen LogP contribution in [0, 0.1) is 0 Å². The van der Waals surface area contributed by atoms with E-state index in [1.807, 2.05) is 12.3 Å². The van der Waals surface area contributed by atoms with Gasteiger partial charge < -0.3 is 10.6 Å². The van der Waals surface area contributed by atoms with Gasteiger partial charge in [-0.15, -0.1) is 11.3 Å². The molecule has 0 fully saturated rings. The van der Waals surface area contributed by atoms with Gasteiger partial charge >= 0.3 is 0 Å². The standard InChI is InChI=1S/C14H23N3O2S/c1-4-5-6-7-16-13(19)14(3,17-10-18)11(2)12-15-8-9-20-12/h8-11H,4-7H2,1-3H3,(H,16,19)(H,17,18)/t11?,14-/m1/s1. The first-order chi connectivity index (χ1) is 9.56. The molecule has 1 aromatic rings. The second kappa shape index (κ2) is 7.99. The molecule has 2 amide bonds. The first-order valence-corrected chi connectivity index (χ1v) is 7.83. The van der Waals surface area contributed by atoms with E-state index in [9.17, 15) is 9.59 Å². The van der Waals surface area contributed by atoms with Gasteiger partial charge in [-0.25, -0.2) is 4.98 Å². The molecule has 20 heavy (non-hydrogen) atoms. The SMILES string of the molecule is CCCCCNC(=O)[C@](C)(NC=O)C(C)c1nccs1. The van der Waals surface area contributed by atoms with Crippen LogP contribution in [0.4, 0.5) is 0 Å². The quantitative estimate of drug-likeness (QED) is 0.541. The van der Waals surface area contributed by atoms with E-state index >= 15 is 0 Å². The van der Waals surface area contributed by atoms with Gasteiger partial charge in [0.25, 0.3) is 0 Å². The molecule has 112 valence electrons. The van der Waals surface area contributed by atoms with Crippen LogP contribution in [0.2, 0.25) is 0 Å². The van der Waals surface area contributed by atoms with E-state index in [1.54, 1.807) is 13.1 Å². The highest BCUT2D eigenvalue weighted by molar-refractivity contribution is 7.09. The van der Waals surface area contributed by atoms with Gasteiger partial charge in [0.1, 0.15) is 5.54 Å². The van der Waals surface area contributed by atoms with Gasteiger partial charge in [0.05, 0.1) is 5.01 Å². The number of carbonyl (C=O) groups is 2. The maximum atomic E-state index is 12.4. The van der Waals surface area contributed by atoms with Crippen molar-refractivity contribution in [3.63, 3.8) is 0 Å². The molecule has 0 saturated heterocycles. The molecule has 2 N–H and O–H groups in total. The van der Waals surface area contributed by atoms with Crippen molar-refractivity contribution in [2.45, 2.75) is 51.5 Å². The zero-order valence-electron chi connectivity index (χ0n) is 12.3. The minimum Gasteiger partial charge on any atom is -0.354 e. The molecule has 0 radical (unpaired) electrons. The molecule has 0 aliphatic carbocycles. The van der Waals surface area contributed by atoms with E-state index in [4.69, 9.17) is 0 Å². The largest absolute Gasteiger partial charge is 0.354 e. The topological polar surface area (TPSA) is 71.1 Å². The van der Waals surface area contributed by atoms with E-state index in [0.717, 1.165) is 24.3 Å². The van der Waals surface area contributed by atoms with E-state index in [0.29, 0.717) is 13.0 Å². The van der Waals surface area contributed by atoms with Gasteiger partial charge in [0.2, 0.25) is 12.3 Å². The number of hydrogen-bond acceptors (Lipinski definition) is 4. The summed E-state index contributed by atoms with van der Waals surface area (Å²) in [4.78, 5) is 27.5. The van der Waals surface area contributed by atoms with Gasteiger partial charge in [0.15, 0.2) is 0 Å². The highest BCUT2D eigenvalue weighted by Crippen LogP contribution is 2.29. The minimum atomic E-state index is -0.980. The summed E-state index contributed by atoms with van der Waals surface area (Å²) in [5.74, 6) is -0.345. The number of hydrogen-bond donors (Lipinski definition) is 2. The van der Waals surface area contributed by atoms with Crippen molar-refractivity contribution in [1.82, 2.24) is 15.6 Å². The maximum Gasteiger partial charge on any atom is 0.246 e. The monoisotopic (exact) mass is 297 g/mol. The van der Waals surface area contributed by atoms with Crippen molar-refractivity contribution < 1.29 is 9.59 Å². The molecule has 6 heteroatoms. The molecule has 0 aliphatic heterocycles. The smallest absolute Gasteiger partial charge is 0.246 e. The lowest BCUT2D eigenvalue weighted by atomic mass is 9.86. The van der Waals surface area contributed by atoms with Crippen molar-refractivity contribution >= 4 is 23.7 Å². The van der Waals surface area contributed by atoms with Crippen LogP contribution in [-0.4, -0.2) is 29.4 Å². The molecule has 5 nitrogen and oxygen atoms in total. The fraction of sp³-hybridized carbons (Fsp3) is 0.643. The first kappa shape index (κ1) is 16.6. The number of thiazole rings is 1. The maximum absolute atomic E-state index is 12.4. The Kier molecular flexibility index (Phi) is 6.64. The highest BCUT2D eigenvalue weighted by Gasteiger charge is 2.40. The minimum absolute atomic E-state index is 0.164. The fourth-order valence-electron chi connectivity index (χ4n) is 1.97. The summed E-state index contributed by atoms with van der Waals surface area (Å²) in [7, 11) is 0. The zero-order chi connectivity index (χ0) is 15.0. The average Bonchev–Trinajstić information content (AvgIpc) is 2.96. The number of nitrogens with one attached hydrogen (secondary N) is 2. The van der Waals surface area contributed by atoms with E-state index in [-0.39, 0.29) is 11.8 Å². The molecular formula is C14H23N3O2S. The summed E-state index contributed by atoms with van der Waals surface area (Å²) in [6.45, 7) is 6.39. The molecule has 0 aliphatic rings. The van der Waals surface area contributed by atoms with Gasteiger partial charge in [0, 0.05) is 24.0 Å². The third-order valence-electron chi connectivity index (χ3n) is 3.58.